The van der Waals surface area contributed by atoms with Crippen LogP contribution in [0.4, 0.5) is 5.69 Å². The average Bonchev–Trinajstić information content (AvgIpc) is 2.84. The number of rotatable bonds is 5. The van der Waals surface area contributed by atoms with Gasteiger partial charge in [-0.2, -0.15) is 0 Å². The number of allylic oxidation sites excluding steroid dienone is 4. The smallest absolute Gasteiger partial charge is 0.262 e. The molecule has 2 aromatic carbocycles. The Bertz CT molecular complexity index is 1230. The molecule has 0 spiro atoms. The van der Waals surface area contributed by atoms with E-state index in [1.165, 1.54) is 0 Å². The van der Waals surface area contributed by atoms with Gasteiger partial charge < -0.3 is 15.4 Å². The van der Waals surface area contributed by atoms with Crippen molar-refractivity contribution >= 4 is 34.8 Å². The lowest BCUT2D eigenvalue weighted by Crippen LogP contribution is -2.36. The van der Waals surface area contributed by atoms with Crippen molar-refractivity contribution < 1.29 is 19.1 Å². The Labute approximate surface area is 209 Å². The molecule has 6 nitrogen and oxygen atoms in total. The van der Waals surface area contributed by atoms with Crippen molar-refractivity contribution in [3.8, 4) is 5.75 Å². The minimum Gasteiger partial charge on any atom is -0.482 e. The number of Topliss-reactive ketones (excluding diaryl/α,β-unsaturated/α-hetero) is 2. The van der Waals surface area contributed by atoms with Crippen LogP contribution in [0.1, 0.15) is 55.6 Å². The topological polar surface area (TPSA) is 84.5 Å². The van der Waals surface area contributed by atoms with Crippen LogP contribution in [0.5, 0.6) is 5.75 Å². The number of nitrogens with one attached hydrogen (secondary N) is 2. The summed E-state index contributed by atoms with van der Waals surface area (Å²) in [5, 5.41) is 6.54. The van der Waals surface area contributed by atoms with Gasteiger partial charge in [-0.3, -0.25) is 14.4 Å². The number of amides is 1. The number of carbonyl (C=O) groups excluding carboxylic acids is 3. The quantitative estimate of drug-likeness (QED) is 0.588. The molecule has 180 valence electrons. The number of halogens is 1. The summed E-state index contributed by atoms with van der Waals surface area (Å²) < 4.78 is 5.68. The maximum absolute atomic E-state index is 13.0. The van der Waals surface area contributed by atoms with E-state index in [-0.39, 0.29) is 24.1 Å². The number of anilines is 1. The van der Waals surface area contributed by atoms with E-state index in [1.807, 2.05) is 37.3 Å². The van der Waals surface area contributed by atoms with Crippen LogP contribution in [-0.4, -0.2) is 24.1 Å². The second-order valence-electron chi connectivity index (χ2n) is 9.29. The highest BCUT2D eigenvalue weighted by Gasteiger charge is 2.40. The number of dihydropyridines is 1. The standard InChI is InChI=1S/C28H27ClN2O4/c1-16-8-11-18(12-9-16)30-25(34)15-35-24-13-10-17(14-19(24)29)26-27-20(4-2-6-22(27)32)31-21-5-3-7-23(33)28(21)26/h8-14,26,31H,2-7,15H2,1H3,(H,30,34). The fraction of sp³-hybridized carbons (Fsp3) is 0.321. The molecule has 0 unspecified atom stereocenters. The Kier molecular flexibility index (Phi) is 6.48. The number of hydrogen-bond donors (Lipinski definition) is 2. The molecule has 0 atom stereocenters. The Hall–Kier alpha value is -3.38. The number of ketones is 2. The molecule has 0 saturated heterocycles. The van der Waals surface area contributed by atoms with Gasteiger partial charge in [0, 0.05) is 47.0 Å². The van der Waals surface area contributed by atoms with Gasteiger partial charge in [-0.05, 0) is 62.4 Å². The largest absolute Gasteiger partial charge is 0.482 e. The third-order valence-electron chi connectivity index (χ3n) is 6.77. The second-order valence-corrected chi connectivity index (χ2v) is 9.70. The van der Waals surface area contributed by atoms with Crippen LogP contribution in [0, 0.1) is 6.92 Å². The molecule has 2 aliphatic carbocycles. The fourth-order valence-corrected chi connectivity index (χ4v) is 5.35. The van der Waals surface area contributed by atoms with E-state index in [2.05, 4.69) is 10.6 Å². The van der Waals surface area contributed by atoms with E-state index in [0.717, 1.165) is 48.2 Å². The molecular weight excluding hydrogens is 464 g/mol. The molecule has 3 aliphatic rings. The molecule has 1 heterocycles. The van der Waals surface area contributed by atoms with Crippen molar-refractivity contribution in [3.05, 3.63) is 81.2 Å². The van der Waals surface area contributed by atoms with Gasteiger partial charge in [0.05, 0.1) is 5.02 Å². The number of benzene rings is 2. The van der Waals surface area contributed by atoms with Crippen LogP contribution >= 0.6 is 11.6 Å². The maximum atomic E-state index is 13.0. The third kappa shape index (κ3) is 4.76. The second kappa shape index (κ2) is 9.70. The van der Waals surface area contributed by atoms with Crippen molar-refractivity contribution in [2.45, 2.75) is 51.4 Å². The Morgan fingerprint density at radius 1 is 0.971 bits per heavy atom. The summed E-state index contributed by atoms with van der Waals surface area (Å²) >= 11 is 6.56. The first-order valence-electron chi connectivity index (χ1n) is 12.0. The predicted octanol–water partition coefficient (Wildman–Crippen LogP) is 5.37. The monoisotopic (exact) mass is 490 g/mol. The summed E-state index contributed by atoms with van der Waals surface area (Å²) in [5.41, 5.74) is 5.83. The Morgan fingerprint density at radius 3 is 2.20 bits per heavy atom. The molecule has 0 fully saturated rings. The highest BCUT2D eigenvalue weighted by molar-refractivity contribution is 6.32. The van der Waals surface area contributed by atoms with Crippen LogP contribution in [0.3, 0.4) is 0 Å². The number of carbonyl (C=O) groups is 3. The lowest BCUT2D eigenvalue weighted by molar-refractivity contribution is -0.118. The first-order chi connectivity index (χ1) is 16.9. The summed E-state index contributed by atoms with van der Waals surface area (Å²) in [5.74, 6) is -0.177. The van der Waals surface area contributed by atoms with Gasteiger partial charge in [-0.1, -0.05) is 35.4 Å². The number of ether oxygens (including phenoxy) is 1. The molecule has 2 N–H and O–H groups in total. The molecule has 0 bridgehead atoms. The van der Waals surface area contributed by atoms with Crippen LogP contribution in [-0.2, 0) is 14.4 Å². The molecule has 2 aromatic rings. The highest BCUT2D eigenvalue weighted by atomic mass is 35.5. The summed E-state index contributed by atoms with van der Waals surface area (Å²) in [6.07, 6.45) is 4.19. The molecule has 35 heavy (non-hydrogen) atoms. The fourth-order valence-electron chi connectivity index (χ4n) is 5.11. The Balaban J connectivity index is 1.37. The molecular formula is C28H27ClN2O4. The van der Waals surface area contributed by atoms with Gasteiger partial charge in [-0.15, -0.1) is 0 Å². The lowest BCUT2D eigenvalue weighted by atomic mass is 9.71. The van der Waals surface area contributed by atoms with E-state index < -0.39 is 5.92 Å². The molecule has 5 rings (SSSR count). The van der Waals surface area contributed by atoms with E-state index in [0.29, 0.717) is 40.4 Å². The molecule has 0 saturated carbocycles. The predicted molar refractivity (Wildman–Crippen MR) is 134 cm³/mol. The SMILES string of the molecule is Cc1ccc(NC(=O)COc2ccc(C3C4=C(CCCC4=O)NC4=C3C(=O)CCC4)cc2Cl)cc1. The van der Waals surface area contributed by atoms with Crippen LogP contribution < -0.4 is 15.4 Å². The third-order valence-corrected chi connectivity index (χ3v) is 7.07. The maximum Gasteiger partial charge on any atom is 0.262 e. The van der Waals surface area contributed by atoms with E-state index >= 15 is 0 Å². The van der Waals surface area contributed by atoms with Crippen molar-refractivity contribution in [3.63, 3.8) is 0 Å². The van der Waals surface area contributed by atoms with Gasteiger partial charge in [-0.25, -0.2) is 0 Å². The van der Waals surface area contributed by atoms with Crippen molar-refractivity contribution in [2.75, 3.05) is 11.9 Å². The van der Waals surface area contributed by atoms with Gasteiger partial charge >= 0.3 is 0 Å². The van der Waals surface area contributed by atoms with Gasteiger partial charge in [0.25, 0.3) is 5.91 Å². The zero-order valence-corrected chi connectivity index (χ0v) is 20.3. The normalized spacial score (nSPS) is 18.1. The minimum absolute atomic E-state index is 0.0814. The minimum atomic E-state index is -0.418. The molecule has 0 radical (unpaired) electrons. The summed E-state index contributed by atoms with van der Waals surface area (Å²) in [6.45, 7) is 1.79. The molecule has 0 aromatic heterocycles. The van der Waals surface area contributed by atoms with Crippen molar-refractivity contribution in [1.29, 1.82) is 0 Å². The van der Waals surface area contributed by atoms with E-state index in [1.54, 1.807) is 12.1 Å². The zero-order chi connectivity index (χ0) is 24.5. The van der Waals surface area contributed by atoms with Crippen molar-refractivity contribution in [2.24, 2.45) is 0 Å². The lowest BCUT2D eigenvalue weighted by Gasteiger charge is -2.37. The van der Waals surface area contributed by atoms with Gasteiger partial charge in [0.2, 0.25) is 0 Å². The first-order valence-corrected chi connectivity index (χ1v) is 12.4. The number of hydrogen-bond acceptors (Lipinski definition) is 5. The van der Waals surface area contributed by atoms with Crippen molar-refractivity contribution in [1.82, 2.24) is 5.32 Å². The van der Waals surface area contributed by atoms with E-state index in [4.69, 9.17) is 16.3 Å². The molecule has 1 aliphatic heterocycles. The average molecular weight is 491 g/mol. The molecule has 1 amide bonds. The molecule has 7 heteroatoms. The number of aryl methyl sites for hydroxylation is 1. The summed E-state index contributed by atoms with van der Waals surface area (Å²) in [4.78, 5) is 38.2. The van der Waals surface area contributed by atoms with Crippen LogP contribution in [0.25, 0.3) is 0 Å². The Morgan fingerprint density at radius 2 is 1.60 bits per heavy atom. The zero-order valence-electron chi connectivity index (χ0n) is 19.6. The summed E-state index contributed by atoms with van der Waals surface area (Å²) in [6, 6.07) is 12.8. The van der Waals surface area contributed by atoms with E-state index in [9.17, 15) is 14.4 Å². The first kappa shape index (κ1) is 23.4. The highest BCUT2D eigenvalue weighted by Crippen LogP contribution is 2.46. The van der Waals surface area contributed by atoms with Crippen LogP contribution in [0.2, 0.25) is 5.02 Å². The van der Waals surface area contributed by atoms with Gasteiger partial charge in [0.15, 0.2) is 18.2 Å². The van der Waals surface area contributed by atoms with Crippen LogP contribution in [0.15, 0.2) is 65.0 Å². The summed E-state index contributed by atoms with van der Waals surface area (Å²) in [7, 11) is 0. The van der Waals surface area contributed by atoms with Gasteiger partial charge in [0.1, 0.15) is 5.75 Å².